The van der Waals surface area contributed by atoms with E-state index in [4.69, 9.17) is 5.11 Å². The maximum atomic E-state index is 8.97. The molecule has 1 rings (SSSR count). The van der Waals surface area contributed by atoms with Gasteiger partial charge in [0, 0.05) is 6.42 Å². The third-order valence-electron chi connectivity index (χ3n) is 1.66. The fourth-order valence-electron chi connectivity index (χ4n) is 0.974. The minimum absolute atomic E-state index is 0.342. The minimum atomic E-state index is 0.342. The van der Waals surface area contributed by atoms with Crippen LogP contribution in [-0.4, -0.2) is 18.7 Å². The number of phenolic OH excluding ortho intramolecular Hbond substituents is 1. The van der Waals surface area contributed by atoms with Crippen LogP contribution in [0.3, 0.4) is 0 Å². The van der Waals surface area contributed by atoms with Gasteiger partial charge >= 0.3 is 0 Å². The Morgan fingerprint density at radius 3 is 2.45 bits per heavy atom. The van der Waals surface area contributed by atoms with Crippen molar-refractivity contribution in [3.8, 4) is 5.75 Å². The van der Waals surface area contributed by atoms with Crippen LogP contribution in [0.25, 0.3) is 0 Å². The molecule has 1 aromatic rings. The zero-order valence-corrected chi connectivity index (χ0v) is 6.75. The van der Waals surface area contributed by atoms with Gasteiger partial charge in [0.15, 0.2) is 0 Å². The highest BCUT2D eigenvalue weighted by Crippen LogP contribution is 2.08. The molecule has 0 atom stereocenters. The first-order chi connectivity index (χ1) is 5.33. The fourth-order valence-corrected chi connectivity index (χ4v) is 0.974. The van der Waals surface area contributed by atoms with E-state index in [1.54, 1.807) is 12.1 Å². The molecule has 60 valence electrons. The van der Waals surface area contributed by atoms with Gasteiger partial charge in [0.05, 0.1) is 13.6 Å². The van der Waals surface area contributed by atoms with Crippen molar-refractivity contribution >= 4 is 0 Å². The number of quaternary nitrogens is 1. The molecule has 0 bridgehead atoms. The van der Waals surface area contributed by atoms with Crippen LogP contribution in [0.5, 0.6) is 5.75 Å². The summed E-state index contributed by atoms with van der Waals surface area (Å²) in [5, 5.41) is 11.1. The van der Waals surface area contributed by atoms with Gasteiger partial charge in [-0.15, -0.1) is 0 Å². The van der Waals surface area contributed by atoms with Crippen LogP contribution in [0.4, 0.5) is 0 Å². The molecule has 1 aromatic carbocycles. The molecule has 0 spiro atoms. The first kappa shape index (κ1) is 8.08. The van der Waals surface area contributed by atoms with Gasteiger partial charge in [0.2, 0.25) is 0 Å². The van der Waals surface area contributed by atoms with Crippen molar-refractivity contribution in [3.05, 3.63) is 29.8 Å². The number of aromatic hydroxyl groups is 1. The summed E-state index contributed by atoms with van der Waals surface area (Å²) < 4.78 is 0. The predicted molar refractivity (Wildman–Crippen MR) is 44.5 cm³/mol. The molecular weight excluding hydrogens is 138 g/mol. The number of likely N-dealkylation sites (N-methyl/N-ethyl adjacent to an activating group) is 1. The molecule has 2 heteroatoms. The van der Waals surface area contributed by atoms with E-state index in [0.717, 1.165) is 13.0 Å². The number of hydrogen-bond acceptors (Lipinski definition) is 1. The molecule has 0 unspecified atom stereocenters. The molecule has 0 aliphatic carbocycles. The van der Waals surface area contributed by atoms with Gasteiger partial charge in [-0.05, 0) is 17.7 Å². The summed E-state index contributed by atoms with van der Waals surface area (Å²) in [6.07, 6.45) is 1.07. The zero-order chi connectivity index (χ0) is 8.10. The van der Waals surface area contributed by atoms with E-state index < -0.39 is 0 Å². The second kappa shape index (κ2) is 3.98. The molecule has 3 N–H and O–H groups in total. The Morgan fingerprint density at radius 1 is 1.27 bits per heavy atom. The number of benzene rings is 1. The predicted octanol–water partition coefficient (Wildman–Crippen LogP) is 0.128. The third kappa shape index (κ3) is 2.60. The minimum Gasteiger partial charge on any atom is -0.508 e. The fraction of sp³-hybridized carbons (Fsp3) is 0.333. The lowest BCUT2D eigenvalue weighted by Crippen LogP contribution is -2.80. The Labute approximate surface area is 66.9 Å². The number of rotatable bonds is 3. The molecule has 2 nitrogen and oxygen atoms in total. The Hall–Kier alpha value is -1.02. The van der Waals surface area contributed by atoms with Crippen LogP contribution in [0.15, 0.2) is 24.3 Å². The summed E-state index contributed by atoms with van der Waals surface area (Å²) >= 11 is 0. The highest BCUT2D eigenvalue weighted by Gasteiger charge is 1.92. The van der Waals surface area contributed by atoms with E-state index in [2.05, 4.69) is 12.4 Å². The van der Waals surface area contributed by atoms with Gasteiger partial charge in [-0.1, -0.05) is 12.1 Å². The second-order valence-electron chi connectivity index (χ2n) is 2.61. The molecule has 0 radical (unpaired) electrons. The molecule has 0 saturated carbocycles. The summed E-state index contributed by atoms with van der Waals surface area (Å²) in [6.45, 7) is 1.10. The topological polar surface area (TPSA) is 36.8 Å². The van der Waals surface area contributed by atoms with Crippen molar-refractivity contribution < 1.29 is 10.4 Å². The number of hydrogen-bond donors (Lipinski definition) is 2. The second-order valence-corrected chi connectivity index (χ2v) is 2.61. The highest BCUT2D eigenvalue weighted by molar-refractivity contribution is 5.25. The molecule has 0 heterocycles. The maximum Gasteiger partial charge on any atom is 0.115 e. The maximum absolute atomic E-state index is 8.97. The summed E-state index contributed by atoms with van der Waals surface area (Å²) in [7, 11) is 2.06. The Kier molecular flexibility index (Phi) is 2.93. The molecule has 0 saturated heterocycles. The molecule has 0 aliphatic heterocycles. The molecule has 0 aliphatic rings. The van der Waals surface area contributed by atoms with Gasteiger partial charge in [-0.25, -0.2) is 0 Å². The average molecular weight is 152 g/mol. The molecule has 0 amide bonds. The van der Waals surface area contributed by atoms with Crippen LogP contribution < -0.4 is 5.32 Å². The summed E-state index contributed by atoms with van der Waals surface area (Å²) in [4.78, 5) is 0. The van der Waals surface area contributed by atoms with Crippen molar-refractivity contribution in [2.75, 3.05) is 13.6 Å². The average Bonchev–Trinajstić information content (AvgIpc) is 2.04. The largest absolute Gasteiger partial charge is 0.508 e. The standard InChI is InChI=1S/C9H13NO/c1-10-7-6-8-2-4-9(11)5-3-8/h2-5,10-11H,6-7H2,1H3/p+1. The smallest absolute Gasteiger partial charge is 0.115 e. The highest BCUT2D eigenvalue weighted by atomic mass is 16.3. The van der Waals surface area contributed by atoms with E-state index in [1.807, 2.05) is 12.1 Å². The van der Waals surface area contributed by atoms with Gasteiger partial charge in [0.25, 0.3) is 0 Å². The van der Waals surface area contributed by atoms with E-state index in [-0.39, 0.29) is 0 Å². The van der Waals surface area contributed by atoms with Crippen molar-refractivity contribution in [3.63, 3.8) is 0 Å². The lowest BCUT2D eigenvalue weighted by Gasteiger charge is -1.97. The van der Waals surface area contributed by atoms with Crippen molar-refractivity contribution in [2.45, 2.75) is 6.42 Å². The van der Waals surface area contributed by atoms with Crippen molar-refractivity contribution in [1.29, 1.82) is 0 Å². The molecule has 0 aromatic heterocycles. The lowest BCUT2D eigenvalue weighted by molar-refractivity contribution is -0.626. The van der Waals surface area contributed by atoms with Gasteiger partial charge in [-0.2, -0.15) is 0 Å². The van der Waals surface area contributed by atoms with E-state index in [1.165, 1.54) is 5.56 Å². The monoisotopic (exact) mass is 152 g/mol. The number of phenols is 1. The van der Waals surface area contributed by atoms with Crippen LogP contribution in [0.1, 0.15) is 5.56 Å². The summed E-state index contributed by atoms with van der Waals surface area (Å²) in [5.74, 6) is 0.342. The van der Waals surface area contributed by atoms with Crippen molar-refractivity contribution in [1.82, 2.24) is 0 Å². The van der Waals surface area contributed by atoms with Crippen molar-refractivity contribution in [2.24, 2.45) is 0 Å². The van der Waals surface area contributed by atoms with Crippen LogP contribution >= 0.6 is 0 Å². The molecular formula is C9H14NO+. The first-order valence-corrected chi connectivity index (χ1v) is 3.88. The first-order valence-electron chi connectivity index (χ1n) is 3.88. The normalized spacial score (nSPS) is 9.91. The van der Waals surface area contributed by atoms with Crippen LogP contribution in [0.2, 0.25) is 0 Å². The van der Waals surface area contributed by atoms with E-state index in [9.17, 15) is 0 Å². The zero-order valence-electron chi connectivity index (χ0n) is 6.75. The van der Waals surface area contributed by atoms with Gasteiger partial charge < -0.3 is 10.4 Å². The molecule has 0 fully saturated rings. The Morgan fingerprint density at radius 2 is 1.91 bits per heavy atom. The lowest BCUT2D eigenvalue weighted by atomic mass is 10.1. The van der Waals surface area contributed by atoms with E-state index >= 15 is 0 Å². The van der Waals surface area contributed by atoms with Gasteiger partial charge in [-0.3, -0.25) is 0 Å². The van der Waals surface area contributed by atoms with Crippen LogP contribution in [0, 0.1) is 0 Å². The van der Waals surface area contributed by atoms with Gasteiger partial charge in [0.1, 0.15) is 5.75 Å². The summed E-state index contributed by atoms with van der Waals surface area (Å²) in [6, 6.07) is 7.37. The Bertz CT molecular complexity index is 205. The van der Waals surface area contributed by atoms with E-state index in [0.29, 0.717) is 5.75 Å². The third-order valence-corrected chi connectivity index (χ3v) is 1.66. The quantitative estimate of drug-likeness (QED) is 0.634. The summed E-state index contributed by atoms with van der Waals surface area (Å²) in [5.41, 5.74) is 1.28. The number of nitrogens with two attached hydrogens (primary N) is 1. The van der Waals surface area contributed by atoms with Crippen LogP contribution in [-0.2, 0) is 6.42 Å². The molecule has 11 heavy (non-hydrogen) atoms. The Balaban J connectivity index is 2.52. The SMILES string of the molecule is C[NH2+]CCc1ccc(O)cc1.